The Kier molecular flexibility index (Phi) is 6.73. The van der Waals surface area contributed by atoms with Gasteiger partial charge in [-0.3, -0.25) is 9.13 Å². The molecule has 16 heteroatoms. The van der Waals surface area contributed by atoms with E-state index in [4.69, 9.17) is 51.2 Å². The first-order chi connectivity index (χ1) is 15.5. The second-order valence-corrected chi connectivity index (χ2v) is 10.6. The summed E-state index contributed by atoms with van der Waals surface area (Å²) in [5, 5.41) is 9.48. The highest BCUT2D eigenvalue weighted by Gasteiger charge is 2.57. The normalized spacial score (nSPS) is 27.7. The molecule has 0 radical (unpaired) electrons. The van der Waals surface area contributed by atoms with Gasteiger partial charge in [-0.1, -0.05) is 11.6 Å². The van der Waals surface area contributed by atoms with E-state index >= 15 is 0 Å². The molecule has 2 aromatic heterocycles. The fraction of sp³-hybridized carbons (Fsp3) is 0.647. The van der Waals surface area contributed by atoms with Gasteiger partial charge in [0.1, 0.15) is 23.8 Å². The second kappa shape index (κ2) is 8.99. The molecule has 2 aliphatic rings. The van der Waals surface area contributed by atoms with E-state index in [-0.39, 0.29) is 17.0 Å². The molecule has 0 aromatic carbocycles. The molecule has 5 atom stereocenters. The van der Waals surface area contributed by atoms with Crippen LogP contribution in [0.3, 0.4) is 0 Å². The van der Waals surface area contributed by atoms with E-state index < -0.39 is 49.7 Å². The summed E-state index contributed by atoms with van der Waals surface area (Å²) in [4.78, 5) is 23.9. The summed E-state index contributed by atoms with van der Waals surface area (Å²) in [6.45, 7) is 3.15. The van der Waals surface area contributed by atoms with Gasteiger partial charge in [-0.05, 0) is 25.4 Å². The number of aliphatic carboxylic acids is 1. The Morgan fingerprint density at radius 2 is 1.94 bits per heavy atom. The maximum Gasteiger partial charge on any atom is 0.370 e. The Morgan fingerprint density at radius 1 is 1.27 bits per heavy atom. The number of ether oxygens (including phenoxy) is 4. The Hall–Kier alpha value is -1.41. The lowest BCUT2D eigenvalue weighted by Gasteiger charge is -2.26. The van der Waals surface area contributed by atoms with Crippen LogP contribution in [0.1, 0.15) is 20.1 Å². The minimum absolute atomic E-state index is 0.0706. The van der Waals surface area contributed by atoms with Crippen molar-refractivity contribution >= 4 is 47.9 Å². The van der Waals surface area contributed by atoms with Crippen LogP contribution >= 0.6 is 30.8 Å². The van der Waals surface area contributed by atoms with Crippen LogP contribution < -0.4 is 0 Å². The number of fused-ring (bicyclic) bond motifs is 2. The number of halogens is 2. The number of nitrogens with zero attached hydrogens (tertiary/aromatic N) is 4. The van der Waals surface area contributed by atoms with Crippen molar-refractivity contribution in [3.05, 3.63) is 16.8 Å². The summed E-state index contributed by atoms with van der Waals surface area (Å²) < 4.78 is 47.3. The van der Waals surface area contributed by atoms with Gasteiger partial charge < -0.3 is 33.1 Å². The molecule has 0 amide bonds. The van der Waals surface area contributed by atoms with Crippen LogP contribution in [0.2, 0.25) is 10.4 Å². The third kappa shape index (κ3) is 4.49. The smallest absolute Gasteiger partial charge is 0.370 e. The zero-order chi connectivity index (χ0) is 24.1. The fourth-order valence-electron chi connectivity index (χ4n) is 3.81. The Morgan fingerprint density at radius 3 is 2.58 bits per heavy atom. The van der Waals surface area contributed by atoms with Gasteiger partial charge in [0.05, 0.1) is 12.9 Å². The summed E-state index contributed by atoms with van der Waals surface area (Å²) in [7, 11) is -1.94. The zero-order valence-corrected chi connectivity index (χ0v) is 20.3. The SMILES string of the molecule is COP(=O)(OC)C(OC[C@H]1O[C@@H](n2cnc3c(Cl)nc(Cl)nc32)[C@@H]2OC(C)(C)O[C@@H]21)C(=O)O. The van der Waals surface area contributed by atoms with Gasteiger partial charge in [-0.2, -0.15) is 4.98 Å². The Bertz CT molecular complexity index is 1110. The Labute approximate surface area is 197 Å². The first-order valence-corrected chi connectivity index (χ1v) is 12.0. The fourth-order valence-corrected chi connectivity index (χ4v) is 5.30. The maximum absolute atomic E-state index is 12.6. The van der Waals surface area contributed by atoms with Gasteiger partial charge in [-0.25, -0.2) is 14.8 Å². The third-order valence-corrected chi connectivity index (χ3v) is 7.57. The predicted octanol–water partition coefficient (Wildman–Crippen LogP) is 2.46. The lowest BCUT2D eigenvalue weighted by molar-refractivity contribution is -0.203. The van der Waals surface area contributed by atoms with Crippen LogP contribution in [-0.2, 0) is 37.4 Å². The largest absolute Gasteiger partial charge is 0.479 e. The van der Waals surface area contributed by atoms with E-state index in [1.54, 1.807) is 18.4 Å². The summed E-state index contributed by atoms with van der Waals surface area (Å²) in [6.07, 6.45) is -1.45. The maximum atomic E-state index is 12.6. The van der Waals surface area contributed by atoms with Crippen molar-refractivity contribution in [3.63, 3.8) is 0 Å². The van der Waals surface area contributed by atoms with Crippen molar-refractivity contribution in [2.45, 2.75) is 50.0 Å². The number of rotatable bonds is 8. The molecule has 13 nitrogen and oxygen atoms in total. The van der Waals surface area contributed by atoms with Crippen LogP contribution in [-0.4, -0.2) is 81.4 Å². The molecule has 4 heterocycles. The summed E-state index contributed by atoms with van der Waals surface area (Å²) in [6, 6.07) is 0. The van der Waals surface area contributed by atoms with Gasteiger partial charge in [0, 0.05) is 14.2 Å². The van der Waals surface area contributed by atoms with Crippen LogP contribution in [0.5, 0.6) is 0 Å². The molecule has 1 unspecified atom stereocenters. The van der Waals surface area contributed by atoms with Crippen molar-refractivity contribution in [2.75, 3.05) is 20.8 Å². The first-order valence-electron chi connectivity index (χ1n) is 9.62. The molecule has 2 fully saturated rings. The number of hydrogen-bond acceptors (Lipinski definition) is 11. The van der Waals surface area contributed by atoms with Gasteiger partial charge in [-0.15, -0.1) is 0 Å². The van der Waals surface area contributed by atoms with Gasteiger partial charge in [0.2, 0.25) is 5.28 Å². The second-order valence-electron chi connectivity index (χ2n) is 7.67. The van der Waals surface area contributed by atoms with Crippen molar-refractivity contribution in [1.82, 2.24) is 19.5 Å². The molecule has 2 aliphatic heterocycles. The number of aromatic nitrogens is 4. The molecule has 0 aliphatic carbocycles. The molecular formula is C17H21Cl2N4O9P. The quantitative estimate of drug-likeness (QED) is 0.305. The van der Waals surface area contributed by atoms with Gasteiger partial charge in [0.25, 0.3) is 5.85 Å². The molecule has 182 valence electrons. The zero-order valence-electron chi connectivity index (χ0n) is 17.9. The van der Waals surface area contributed by atoms with E-state index in [9.17, 15) is 14.5 Å². The monoisotopic (exact) mass is 526 g/mol. The molecule has 4 rings (SSSR count). The highest BCUT2D eigenvalue weighted by Crippen LogP contribution is 2.52. The summed E-state index contributed by atoms with van der Waals surface area (Å²) >= 11 is 12.1. The van der Waals surface area contributed by atoms with Crippen LogP contribution in [0.15, 0.2) is 6.33 Å². The van der Waals surface area contributed by atoms with Crippen LogP contribution in [0.25, 0.3) is 11.2 Å². The standard InChI is InChI=1S/C17H21Cl2N4O9P/c1-17(2)31-9-7(5-29-15(14(24)25)33(26,27-3)28-4)30-13(10(9)32-17)23-6-20-8-11(18)21-16(19)22-12(8)23/h6-7,9-10,13,15H,5H2,1-4H3,(H,24,25)/t7-,9-,10-,13-,15?/m1/s1. The van der Waals surface area contributed by atoms with Gasteiger partial charge in [0.15, 0.2) is 22.8 Å². The highest BCUT2D eigenvalue weighted by molar-refractivity contribution is 7.55. The molecule has 2 aromatic rings. The van der Waals surface area contributed by atoms with Crippen LogP contribution in [0, 0.1) is 0 Å². The number of imidazole rings is 1. The highest BCUT2D eigenvalue weighted by atomic mass is 35.5. The summed E-state index contributed by atoms with van der Waals surface area (Å²) in [5.41, 5.74) is 0.622. The molecule has 0 spiro atoms. The number of carboxylic acid groups (broad SMARTS) is 1. The topological polar surface area (TPSA) is 153 Å². The average molecular weight is 527 g/mol. The van der Waals surface area contributed by atoms with Crippen molar-refractivity contribution in [1.29, 1.82) is 0 Å². The van der Waals surface area contributed by atoms with Gasteiger partial charge >= 0.3 is 13.6 Å². The van der Waals surface area contributed by atoms with Crippen LogP contribution in [0.4, 0.5) is 0 Å². The van der Waals surface area contributed by atoms with Crippen molar-refractivity contribution < 1.29 is 42.5 Å². The number of carboxylic acids is 1. The molecule has 1 N–H and O–H groups in total. The van der Waals surface area contributed by atoms with E-state index in [1.807, 2.05) is 0 Å². The molecule has 0 bridgehead atoms. The van der Waals surface area contributed by atoms with Crippen molar-refractivity contribution in [2.24, 2.45) is 0 Å². The molecule has 33 heavy (non-hydrogen) atoms. The molecule has 0 saturated carbocycles. The molecular weight excluding hydrogens is 506 g/mol. The minimum atomic E-state index is -4.08. The first kappa shape index (κ1) is 24.7. The molecule has 2 saturated heterocycles. The third-order valence-electron chi connectivity index (χ3n) is 5.18. The predicted molar refractivity (Wildman–Crippen MR) is 112 cm³/mol. The lowest BCUT2D eigenvalue weighted by atomic mass is 10.1. The van der Waals surface area contributed by atoms with E-state index in [0.717, 1.165) is 14.2 Å². The Balaban J connectivity index is 1.63. The van der Waals surface area contributed by atoms with E-state index in [2.05, 4.69) is 15.0 Å². The van der Waals surface area contributed by atoms with E-state index in [1.165, 1.54) is 6.33 Å². The average Bonchev–Trinajstić information content (AvgIpc) is 3.38. The number of hydrogen-bond donors (Lipinski definition) is 1. The van der Waals surface area contributed by atoms with Crippen molar-refractivity contribution in [3.8, 4) is 0 Å². The number of carbonyl (C=O) groups is 1. The minimum Gasteiger partial charge on any atom is -0.479 e. The van der Waals surface area contributed by atoms with E-state index in [0.29, 0.717) is 11.2 Å². The lowest BCUT2D eigenvalue weighted by Crippen LogP contribution is -2.36. The summed E-state index contributed by atoms with van der Waals surface area (Å²) in [5.74, 6) is -4.35.